The van der Waals surface area contributed by atoms with Crippen molar-refractivity contribution in [1.29, 1.82) is 0 Å². The molecule has 0 atom stereocenters. The highest BCUT2D eigenvalue weighted by atomic mass is 16.3. The molecule has 0 radical (unpaired) electrons. The maximum absolute atomic E-state index is 10.1. The fourth-order valence-corrected chi connectivity index (χ4v) is 3.11. The van der Waals surface area contributed by atoms with Crippen LogP contribution in [0.25, 0.3) is 0 Å². The molecule has 2 aromatic rings. The number of hydrogen-bond donors (Lipinski definition) is 2. The first-order valence-electron chi connectivity index (χ1n) is 7.96. The molecule has 0 aromatic heterocycles. The molecule has 118 valence electrons. The molecule has 22 heavy (non-hydrogen) atoms. The van der Waals surface area contributed by atoms with Crippen molar-refractivity contribution in [2.75, 3.05) is 0 Å². The van der Waals surface area contributed by atoms with Crippen LogP contribution in [0.2, 0.25) is 0 Å². The number of unbranched alkanes of at least 4 members (excludes halogenated alkanes) is 1. The molecular weight excluding hydrogens is 272 g/mol. The van der Waals surface area contributed by atoms with Gasteiger partial charge in [-0.2, -0.15) is 0 Å². The van der Waals surface area contributed by atoms with E-state index in [0.29, 0.717) is 11.5 Å². The zero-order valence-electron chi connectivity index (χ0n) is 14.0. The standard InChI is InChI=1S/C20H26O2/c1-13-9-15(3)19(21)17(11-13)7-5-6-8-18-12-14(2)10-16(4)20(18)22/h9-12,21-22H,5-8H2,1-4H3. The summed E-state index contributed by atoms with van der Waals surface area (Å²) in [6, 6.07) is 8.14. The van der Waals surface area contributed by atoms with Gasteiger partial charge in [0.2, 0.25) is 0 Å². The third-order valence-corrected chi connectivity index (χ3v) is 4.19. The normalized spacial score (nSPS) is 10.9. The summed E-state index contributed by atoms with van der Waals surface area (Å²) >= 11 is 0. The van der Waals surface area contributed by atoms with Gasteiger partial charge in [-0.05, 0) is 75.6 Å². The molecule has 0 heterocycles. The first-order chi connectivity index (χ1) is 10.4. The van der Waals surface area contributed by atoms with E-state index in [0.717, 1.165) is 47.9 Å². The molecule has 0 saturated carbocycles. The second-order valence-corrected chi connectivity index (χ2v) is 6.39. The number of phenolic OH excluding ortho intramolecular Hbond substituents is 2. The molecule has 0 saturated heterocycles. The van der Waals surface area contributed by atoms with Crippen LogP contribution in [0.15, 0.2) is 24.3 Å². The van der Waals surface area contributed by atoms with E-state index in [4.69, 9.17) is 0 Å². The van der Waals surface area contributed by atoms with Gasteiger partial charge < -0.3 is 10.2 Å². The summed E-state index contributed by atoms with van der Waals surface area (Å²) in [6.45, 7) is 8.01. The fourth-order valence-electron chi connectivity index (χ4n) is 3.11. The average Bonchev–Trinajstić information content (AvgIpc) is 2.44. The van der Waals surface area contributed by atoms with E-state index in [9.17, 15) is 10.2 Å². The Morgan fingerprint density at radius 1 is 0.636 bits per heavy atom. The zero-order valence-corrected chi connectivity index (χ0v) is 14.0. The van der Waals surface area contributed by atoms with Crippen LogP contribution in [0.5, 0.6) is 11.5 Å². The summed E-state index contributed by atoms with van der Waals surface area (Å²) in [5, 5.41) is 20.2. The molecule has 0 unspecified atom stereocenters. The molecule has 0 aliphatic heterocycles. The highest BCUT2D eigenvalue weighted by molar-refractivity contribution is 5.43. The zero-order chi connectivity index (χ0) is 16.3. The Hall–Kier alpha value is -1.96. The van der Waals surface area contributed by atoms with E-state index in [-0.39, 0.29) is 0 Å². The molecule has 0 amide bonds. The van der Waals surface area contributed by atoms with Crippen LogP contribution in [0, 0.1) is 27.7 Å². The fraction of sp³-hybridized carbons (Fsp3) is 0.400. The van der Waals surface area contributed by atoms with Gasteiger partial charge in [0.15, 0.2) is 0 Å². The molecule has 2 aromatic carbocycles. The highest BCUT2D eigenvalue weighted by Crippen LogP contribution is 2.27. The summed E-state index contributed by atoms with van der Waals surface area (Å²) in [5.41, 5.74) is 6.34. The highest BCUT2D eigenvalue weighted by Gasteiger charge is 2.08. The van der Waals surface area contributed by atoms with Crippen molar-refractivity contribution in [3.63, 3.8) is 0 Å². The summed E-state index contributed by atoms with van der Waals surface area (Å²) in [7, 11) is 0. The van der Waals surface area contributed by atoms with Crippen LogP contribution in [-0.4, -0.2) is 10.2 Å². The summed E-state index contributed by atoms with van der Waals surface area (Å²) in [5.74, 6) is 0.861. The Balaban J connectivity index is 1.96. The van der Waals surface area contributed by atoms with Crippen LogP contribution in [0.3, 0.4) is 0 Å². The molecule has 2 rings (SSSR count). The molecule has 2 heteroatoms. The first-order valence-corrected chi connectivity index (χ1v) is 7.96. The van der Waals surface area contributed by atoms with E-state index in [1.165, 1.54) is 11.1 Å². The summed E-state index contributed by atoms with van der Waals surface area (Å²) < 4.78 is 0. The van der Waals surface area contributed by atoms with Gasteiger partial charge in [0.25, 0.3) is 0 Å². The van der Waals surface area contributed by atoms with Crippen molar-refractivity contribution in [3.8, 4) is 11.5 Å². The molecule has 2 nitrogen and oxygen atoms in total. The van der Waals surface area contributed by atoms with Crippen LogP contribution in [0.4, 0.5) is 0 Å². The number of phenols is 2. The Kier molecular flexibility index (Phi) is 5.12. The molecule has 0 aliphatic carbocycles. The maximum atomic E-state index is 10.1. The van der Waals surface area contributed by atoms with Crippen LogP contribution >= 0.6 is 0 Å². The number of benzene rings is 2. The van der Waals surface area contributed by atoms with Gasteiger partial charge in [0.1, 0.15) is 11.5 Å². The monoisotopic (exact) mass is 298 g/mol. The van der Waals surface area contributed by atoms with Crippen LogP contribution in [-0.2, 0) is 12.8 Å². The average molecular weight is 298 g/mol. The minimum absolute atomic E-state index is 0.430. The lowest BCUT2D eigenvalue weighted by atomic mass is 9.97. The van der Waals surface area contributed by atoms with Crippen molar-refractivity contribution >= 4 is 0 Å². The van der Waals surface area contributed by atoms with Crippen molar-refractivity contribution in [2.45, 2.75) is 53.4 Å². The number of rotatable bonds is 5. The van der Waals surface area contributed by atoms with Gasteiger partial charge in [0.05, 0.1) is 0 Å². The molecule has 2 N–H and O–H groups in total. The minimum atomic E-state index is 0.430. The Morgan fingerprint density at radius 2 is 1.00 bits per heavy atom. The largest absolute Gasteiger partial charge is 0.507 e. The second-order valence-electron chi connectivity index (χ2n) is 6.39. The SMILES string of the molecule is Cc1cc(C)c(O)c(CCCCc2cc(C)cc(C)c2O)c1. The minimum Gasteiger partial charge on any atom is -0.507 e. The molecule has 0 fully saturated rings. The topological polar surface area (TPSA) is 40.5 Å². The maximum Gasteiger partial charge on any atom is 0.121 e. The summed E-state index contributed by atoms with van der Waals surface area (Å²) in [6.07, 6.45) is 3.76. The van der Waals surface area contributed by atoms with Crippen molar-refractivity contribution in [2.24, 2.45) is 0 Å². The number of hydrogen-bond acceptors (Lipinski definition) is 2. The second kappa shape index (κ2) is 6.87. The van der Waals surface area contributed by atoms with Crippen molar-refractivity contribution in [1.82, 2.24) is 0 Å². The van der Waals surface area contributed by atoms with Gasteiger partial charge >= 0.3 is 0 Å². The third-order valence-electron chi connectivity index (χ3n) is 4.19. The van der Waals surface area contributed by atoms with E-state index < -0.39 is 0 Å². The number of aromatic hydroxyl groups is 2. The molecular formula is C20H26O2. The van der Waals surface area contributed by atoms with Gasteiger partial charge in [-0.25, -0.2) is 0 Å². The van der Waals surface area contributed by atoms with Gasteiger partial charge in [-0.3, -0.25) is 0 Å². The van der Waals surface area contributed by atoms with Gasteiger partial charge in [-0.1, -0.05) is 35.4 Å². The summed E-state index contributed by atoms with van der Waals surface area (Å²) in [4.78, 5) is 0. The van der Waals surface area contributed by atoms with Crippen LogP contribution in [0.1, 0.15) is 46.2 Å². The van der Waals surface area contributed by atoms with Gasteiger partial charge in [-0.15, -0.1) is 0 Å². The van der Waals surface area contributed by atoms with E-state index in [1.54, 1.807) is 0 Å². The van der Waals surface area contributed by atoms with E-state index in [2.05, 4.69) is 26.0 Å². The third kappa shape index (κ3) is 3.82. The lowest BCUT2D eigenvalue weighted by molar-refractivity contribution is 0.458. The molecule has 0 spiro atoms. The Bertz CT molecular complexity index is 612. The number of aryl methyl sites for hydroxylation is 6. The quantitative estimate of drug-likeness (QED) is 0.771. The predicted octanol–water partition coefficient (Wildman–Crippen LogP) is 4.90. The lowest BCUT2D eigenvalue weighted by Gasteiger charge is -2.11. The Morgan fingerprint density at radius 3 is 1.36 bits per heavy atom. The van der Waals surface area contributed by atoms with Crippen LogP contribution < -0.4 is 0 Å². The van der Waals surface area contributed by atoms with Crippen molar-refractivity contribution < 1.29 is 10.2 Å². The van der Waals surface area contributed by atoms with E-state index in [1.807, 2.05) is 26.0 Å². The predicted molar refractivity (Wildman–Crippen MR) is 91.8 cm³/mol. The van der Waals surface area contributed by atoms with E-state index >= 15 is 0 Å². The molecule has 0 aliphatic rings. The lowest BCUT2D eigenvalue weighted by Crippen LogP contribution is -1.94. The van der Waals surface area contributed by atoms with Crippen molar-refractivity contribution in [3.05, 3.63) is 57.6 Å². The molecule has 0 bridgehead atoms. The first kappa shape index (κ1) is 16.4. The Labute approximate surface area is 133 Å². The smallest absolute Gasteiger partial charge is 0.121 e. The van der Waals surface area contributed by atoms with Gasteiger partial charge in [0, 0.05) is 0 Å².